The fourth-order valence-corrected chi connectivity index (χ4v) is 3.15. The highest BCUT2D eigenvalue weighted by Gasteiger charge is 2.23. The smallest absolute Gasteiger partial charge is 0.0418 e. The monoisotopic (exact) mass is 195 g/mol. The lowest BCUT2D eigenvalue weighted by molar-refractivity contribution is 0.450. The Balaban J connectivity index is 2.07. The molecule has 72 valence electrons. The fraction of sp³-hybridized carbons (Fsp3) is 0.636. The maximum Gasteiger partial charge on any atom is 0.0418 e. The fourth-order valence-electron chi connectivity index (χ4n) is 2.18. The van der Waals surface area contributed by atoms with Gasteiger partial charge in [0.2, 0.25) is 0 Å². The molecule has 0 aromatic carbocycles. The lowest BCUT2D eigenvalue weighted by Gasteiger charge is -2.16. The summed E-state index contributed by atoms with van der Waals surface area (Å²) in [6.07, 6.45) is 5.42. The van der Waals surface area contributed by atoms with Crippen LogP contribution in [0, 0.1) is 12.8 Å². The molecule has 0 radical (unpaired) electrons. The second kappa shape index (κ2) is 3.81. The van der Waals surface area contributed by atoms with E-state index >= 15 is 0 Å². The van der Waals surface area contributed by atoms with Crippen molar-refractivity contribution in [1.82, 2.24) is 0 Å². The van der Waals surface area contributed by atoms with Gasteiger partial charge in [0.15, 0.2) is 0 Å². The van der Waals surface area contributed by atoms with Crippen molar-refractivity contribution in [1.29, 1.82) is 0 Å². The van der Waals surface area contributed by atoms with Crippen molar-refractivity contribution in [3.05, 3.63) is 21.9 Å². The quantitative estimate of drug-likeness (QED) is 0.770. The highest BCUT2D eigenvalue weighted by molar-refractivity contribution is 7.12. The molecule has 1 saturated carbocycles. The first-order valence-electron chi connectivity index (χ1n) is 5.09. The molecule has 1 aromatic heterocycles. The lowest BCUT2D eigenvalue weighted by atomic mass is 9.98. The third kappa shape index (κ3) is 1.94. The molecule has 0 saturated heterocycles. The molecule has 1 aliphatic rings. The van der Waals surface area contributed by atoms with Crippen LogP contribution in [0.15, 0.2) is 12.1 Å². The zero-order chi connectivity index (χ0) is 9.26. The molecule has 1 heterocycles. The van der Waals surface area contributed by atoms with Crippen LogP contribution in [0.5, 0.6) is 0 Å². The summed E-state index contributed by atoms with van der Waals surface area (Å²) < 4.78 is 0. The molecule has 1 aromatic rings. The minimum absolute atomic E-state index is 0.307. The van der Waals surface area contributed by atoms with E-state index in [-0.39, 0.29) is 0 Å². The summed E-state index contributed by atoms with van der Waals surface area (Å²) in [5, 5.41) is 0. The zero-order valence-electron chi connectivity index (χ0n) is 8.12. The first-order valence-corrected chi connectivity index (χ1v) is 5.91. The minimum Gasteiger partial charge on any atom is -0.323 e. The molecule has 0 aliphatic heterocycles. The Hall–Kier alpha value is -0.340. The van der Waals surface area contributed by atoms with E-state index in [1.807, 2.05) is 11.3 Å². The molecule has 1 atom stereocenters. The van der Waals surface area contributed by atoms with E-state index in [0.29, 0.717) is 6.04 Å². The van der Waals surface area contributed by atoms with Crippen LogP contribution in [-0.4, -0.2) is 0 Å². The summed E-state index contributed by atoms with van der Waals surface area (Å²) in [7, 11) is 0. The summed E-state index contributed by atoms with van der Waals surface area (Å²) in [5.41, 5.74) is 6.22. The molecule has 0 amide bonds. The maximum atomic E-state index is 6.22. The van der Waals surface area contributed by atoms with Gasteiger partial charge in [0.25, 0.3) is 0 Å². The van der Waals surface area contributed by atoms with Gasteiger partial charge in [-0.3, -0.25) is 0 Å². The normalized spacial score (nSPS) is 20.8. The average Bonchev–Trinajstić information content (AvgIpc) is 2.72. The zero-order valence-corrected chi connectivity index (χ0v) is 8.94. The Morgan fingerprint density at radius 1 is 1.38 bits per heavy atom. The van der Waals surface area contributed by atoms with E-state index in [1.165, 1.54) is 35.4 Å². The number of aryl methyl sites for hydroxylation is 1. The third-order valence-electron chi connectivity index (χ3n) is 3.00. The first kappa shape index (κ1) is 9.22. The van der Waals surface area contributed by atoms with E-state index < -0.39 is 0 Å². The van der Waals surface area contributed by atoms with Gasteiger partial charge in [0, 0.05) is 15.8 Å². The molecule has 2 heteroatoms. The van der Waals surface area contributed by atoms with E-state index in [4.69, 9.17) is 5.73 Å². The molecule has 0 spiro atoms. The standard InChI is InChI=1S/C11H17NS/c1-8-6-7-10(13-8)11(12)9-4-2-3-5-9/h6-7,9,11H,2-5,12H2,1H3. The summed E-state index contributed by atoms with van der Waals surface area (Å²) in [6, 6.07) is 4.68. The van der Waals surface area contributed by atoms with E-state index in [1.54, 1.807) is 0 Å². The Morgan fingerprint density at radius 2 is 2.08 bits per heavy atom. The molecular weight excluding hydrogens is 178 g/mol. The van der Waals surface area contributed by atoms with Gasteiger partial charge in [-0.2, -0.15) is 0 Å². The van der Waals surface area contributed by atoms with Crippen LogP contribution in [0.25, 0.3) is 0 Å². The van der Waals surface area contributed by atoms with Crippen LogP contribution < -0.4 is 5.73 Å². The van der Waals surface area contributed by atoms with E-state index in [2.05, 4.69) is 19.1 Å². The molecule has 13 heavy (non-hydrogen) atoms. The summed E-state index contributed by atoms with van der Waals surface area (Å²) in [5.74, 6) is 0.748. The van der Waals surface area contributed by atoms with Crippen molar-refractivity contribution in [3.8, 4) is 0 Å². The average molecular weight is 195 g/mol. The number of rotatable bonds is 2. The predicted molar refractivity (Wildman–Crippen MR) is 57.9 cm³/mol. The second-order valence-corrected chi connectivity index (χ2v) is 5.34. The topological polar surface area (TPSA) is 26.0 Å². The van der Waals surface area contributed by atoms with Crippen LogP contribution in [-0.2, 0) is 0 Å². The van der Waals surface area contributed by atoms with Crippen LogP contribution >= 0.6 is 11.3 Å². The number of thiophene rings is 1. The summed E-state index contributed by atoms with van der Waals surface area (Å²) >= 11 is 1.86. The second-order valence-electron chi connectivity index (χ2n) is 4.02. The molecule has 2 N–H and O–H groups in total. The van der Waals surface area contributed by atoms with Crippen LogP contribution in [0.1, 0.15) is 41.5 Å². The van der Waals surface area contributed by atoms with Gasteiger partial charge in [-0.05, 0) is 37.8 Å². The molecule has 1 unspecified atom stereocenters. The van der Waals surface area contributed by atoms with Gasteiger partial charge in [0.1, 0.15) is 0 Å². The molecule has 2 rings (SSSR count). The van der Waals surface area contributed by atoms with Crippen molar-refractivity contribution < 1.29 is 0 Å². The summed E-state index contributed by atoms with van der Waals surface area (Å²) in [6.45, 7) is 2.15. The third-order valence-corrected chi connectivity index (χ3v) is 4.10. The highest BCUT2D eigenvalue weighted by Crippen LogP contribution is 2.36. The lowest BCUT2D eigenvalue weighted by Crippen LogP contribution is -2.17. The van der Waals surface area contributed by atoms with Crippen LogP contribution in [0.3, 0.4) is 0 Å². The van der Waals surface area contributed by atoms with Crippen molar-refractivity contribution in [2.45, 2.75) is 38.6 Å². The molecule has 1 nitrogen and oxygen atoms in total. The SMILES string of the molecule is Cc1ccc(C(N)C2CCCC2)s1. The summed E-state index contributed by atoms with van der Waals surface area (Å²) in [4.78, 5) is 2.76. The Labute approximate surface area is 84.0 Å². The maximum absolute atomic E-state index is 6.22. The van der Waals surface area contributed by atoms with Crippen LogP contribution in [0.4, 0.5) is 0 Å². The van der Waals surface area contributed by atoms with Gasteiger partial charge in [-0.1, -0.05) is 12.8 Å². The van der Waals surface area contributed by atoms with Crippen molar-refractivity contribution in [3.63, 3.8) is 0 Å². The molecule has 1 fully saturated rings. The van der Waals surface area contributed by atoms with Gasteiger partial charge in [0.05, 0.1) is 0 Å². The van der Waals surface area contributed by atoms with E-state index in [9.17, 15) is 0 Å². The van der Waals surface area contributed by atoms with Crippen molar-refractivity contribution in [2.75, 3.05) is 0 Å². The Kier molecular flexibility index (Phi) is 2.70. The van der Waals surface area contributed by atoms with E-state index in [0.717, 1.165) is 5.92 Å². The van der Waals surface area contributed by atoms with Crippen molar-refractivity contribution in [2.24, 2.45) is 11.7 Å². The van der Waals surface area contributed by atoms with Gasteiger partial charge < -0.3 is 5.73 Å². The Bertz CT molecular complexity index is 273. The van der Waals surface area contributed by atoms with Gasteiger partial charge in [-0.25, -0.2) is 0 Å². The number of hydrogen-bond acceptors (Lipinski definition) is 2. The largest absolute Gasteiger partial charge is 0.323 e. The number of nitrogens with two attached hydrogens (primary N) is 1. The van der Waals surface area contributed by atoms with Gasteiger partial charge in [-0.15, -0.1) is 11.3 Å². The first-order chi connectivity index (χ1) is 6.27. The Morgan fingerprint density at radius 3 is 2.62 bits per heavy atom. The van der Waals surface area contributed by atoms with Gasteiger partial charge >= 0.3 is 0 Å². The predicted octanol–water partition coefficient (Wildman–Crippen LogP) is 3.25. The highest BCUT2D eigenvalue weighted by atomic mass is 32.1. The van der Waals surface area contributed by atoms with Crippen LogP contribution in [0.2, 0.25) is 0 Å². The minimum atomic E-state index is 0.307. The van der Waals surface area contributed by atoms with Crippen molar-refractivity contribution >= 4 is 11.3 Å². The number of hydrogen-bond donors (Lipinski definition) is 1. The molecule has 1 aliphatic carbocycles. The molecular formula is C11H17NS. The molecule has 0 bridgehead atoms.